The van der Waals surface area contributed by atoms with Gasteiger partial charge in [0.25, 0.3) is 5.91 Å². The van der Waals surface area contributed by atoms with E-state index >= 15 is 0 Å². The molecule has 1 heterocycles. The number of carbonyl (C=O) groups excluding carboxylic acids is 2. The molecule has 2 fully saturated rings. The zero-order chi connectivity index (χ0) is 17.5. The lowest BCUT2D eigenvalue weighted by Gasteiger charge is -2.22. The third-order valence-electron chi connectivity index (χ3n) is 5.09. The van der Waals surface area contributed by atoms with Crippen LogP contribution in [0.2, 0.25) is 0 Å². The van der Waals surface area contributed by atoms with E-state index in [9.17, 15) is 9.59 Å². The quantitative estimate of drug-likeness (QED) is 0.828. The third kappa shape index (κ3) is 5.56. The molecular weight excluding hydrogens is 316 g/mol. The normalized spacial score (nSPS) is 21.0. The molecule has 3 rings (SSSR count). The van der Waals surface area contributed by atoms with Crippen LogP contribution in [-0.4, -0.2) is 30.6 Å². The predicted octanol–water partition coefficient (Wildman–Crippen LogP) is 3.65. The average Bonchev–Trinajstić information content (AvgIpc) is 3.15. The van der Waals surface area contributed by atoms with Gasteiger partial charge in [0, 0.05) is 30.3 Å². The first-order chi connectivity index (χ1) is 12.2. The maximum atomic E-state index is 12.3. The van der Waals surface area contributed by atoms with E-state index in [2.05, 4.69) is 10.6 Å². The van der Waals surface area contributed by atoms with Crippen LogP contribution in [0.1, 0.15) is 68.1 Å². The van der Waals surface area contributed by atoms with Gasteiger partial charge in [-0.25, -0.2) is 0 Å². The molecule has 5 nitrogen and oxygen atoms in total. The van der Waals surface area contributed by atoms with E-state index in [1.165, 1.54) is 19.3 Å². The molecule has 1 aliphatic carbocycles. The zero-order valence-electron chi connectivity index (χ0n) is 14.8. The van der Waals surface area contributed by atoms with Crippen molar-refractivity contribution in [2.75, 3.05) is 11.9 Å². The fourth-order valence-electron chi connectivity index (χ4n) is 3.61. The lowest BCUT2D eigenvalue weighted by molar-refractivity contribution is -0.116. The lowest BCUT2D eigenvalue weighted by atomic mass is 9.95. The Bertz CT molecular complexity index is 573. The Morgan fingerprint density at radius 1 is 1.00 bits per heavy atom. The largest absolute Gasteiger partial charge is 0.378 e. The van der Waals surface area contributed by atoms with Crippen LogP contribution < -0.4 is 10.6 Å². The van der Waals surface area contributed by atoms with Crippen molar-refractivity contribution in [1.82, 2.24) is 5.32 Å². The second-order valence-electron chi connectivity index (χ2n) is 7.11. The summed E-state index contributed by atoms with van der Waals surface area (Å²) in [5.41, 5.74) is 1.37. The van der Waals surface area contributed by atoms with Gasteiger partial charge >= 0.3 is 0 Å². The van der Waals surface area contributed by atoms with Crippen LogP contribution in [0.25, 0.3) is 0 Å². The number of nitrogens with one attached hydrogen (secondary N) is 2. The Labute approximate surface area is 149 Å². The van der Waals surface area contributed by atoms with Crippen molar-refractivity contribution in [3.63, 3.8) is 0 Å². The fraction of sp³-hybridized carbons (Fsp3) is 0.600. The highest BCUT2D eigenvalue weighted by molar-refractivity contribution is 5.96. The summed E-state index contributed by atoms with van der Waals surface area (Å²) in [5, 5.41) is 5.99. The molecule has 2 amide bonds. The van der Waals surface area contributed by atoms with Gasteiger partial charge in [0.2, 0.25) is 5.91 Å². The van der Waals surface area contributed by atoms with Gasteiger partial charge in [-0.2, -0.15) is 0 Å². The molecule has 0 spiro atoms. The molecule has 1 aliphatic heterocycles. The SMILES string of the molecule is O=C(CCC1CCCO1)Nc1ccc(C(=O)NC2CCCCC2)cc1. The Morgan fingerprint density at radius 3 is 2.44 bits per heavy atom. The summed E-state index contributed by atoms with van der Waals surface area (Å²) in [4.78, 5) is 24.3. The van der Waals surface area contributed by atoms with Crippen molar-refractivity contribution in [2.45, 2.75) is 69.9 Å². The van der Waals surface area contributed by atoms with E-state index in [4.69, 9.17) is 4.74 Å². The summed E-state index contributed by atoms with van der Waals surface area (Å²) in [6.07, 6.45) is 9.43. The number of benzene rings is 1. The lowest BCUT2D eigenvalue weighted by Crippen LogP contribution is -2.36. The first kappa shape index (κ1) is 17.9. The van der Waals surface area contributed by atoms with Gasteiger partial charge in [0.15, 0.2) is 0 Å². The highest BCUT2D eigenvalue weighted by Crippen LogP contribution is 2.19. The van der Waals surface area contributed by atoms with Crippen LogP contribution >= 0.6 is 0 Å². The highest BCUT2D eigenvalue weighted by Gasteiger charge is 2.18. The Morgan fingerprint density at radius 2 is 1.76 bits per heavy atom. The van der Waals surface area contributed by atoms with Crippen molar-refractivity contribution in [3.8, 4) is 0 Å². The topological polar surface area (TPSA) is 67.4 Å². The Hall–Kier alpha value is -1.88. The van der Waals surface area contributed by atoms with Crippen LogP contribution in [0.5, 0.6) is 0 Å². The van der Waals surface area contributed by atoms with Crippen molar-refractivity contribution in [3.05, 3.63) is 29.8 Å². The molecule has 1 aromatic carbocycles. The van der Waals surface area contributed by atoms with Crippen LogP contribution in [0.4, 0.5) is 5.69 Å². The van der Waals surface area contributed by atoms with Crippen LogP contribution in [0, 0.1) is 0 Å². The van der Waals surface area contributed by atoms with Crippen molar-refractivity contribution < 1.29 is 14.3 Å². The molecule has 136 valence electrons. The molecule has 2 aliphatic rings. The molecule has 1 atom stereocenters. The summed E-state index contributed by atoms with van der Waals surface area (Å²) in [6, 6.07) is 7.43. The molecule has 1 aromatic rings. The van der Waals surface area contributed by atoms with Crippen LogP contribution in [0.15, 0.2) is 24.3 Å². The minimum absolute atomic E-state index is 0.00472. The summed E-state index contributed by atoms with van der Waals surface area (Å²) in [7, 11) is 0. The smallest absolute Gasteiger partial charge is 0.251 e. The summed E-state index contributed by atoms with van der Waals surface area (Å²) in [6.45, 7) is 0.816. The molecule has 1 unspecified atom stereocenters. The zero-order valence-corrected chi connectivity index (χ0v) is 14.8. The average molecular weight is 344 g/mol. The highest BCUT2D eigenvalue weighted by atomic mass is 16.5. The molecule has 0 bridgehead atoms. The van der Waals surface area contributed by atoms with E-state index < -0.39 is 0 Å². The van der Waals surface area contributed by atoms with Crippen molar-refractivity contribution >= 4 is 17.5 Å². The first-order valence-corrected chi connectivity index (χ1v) is 9.53. The fourth-order valence-corrected chi connectivity index (χ4v) is 3.61. The number of carbonyl (C=O) groups is 2. The van der Waals surface area contributed by atoms with Gasteiger partial charge in [0.1, 0.15) is 0 Å². The van der Waals surface area contributed by atoms with E-state index in [0.29, 0.717) is 18.0 Å². The molecule has 1 saturated carbocycles. The number of anilines is 1. The number of hydrogen-bond donors (Lipinski definition) is 2. The minimum Gasteiger partial charge on any atom is -0.378 e. The minimum atomic E-state index is -0.0249. The predicted molar refractivity (Wildman–Crippen MR) is 97.6 cm³/mol. The second-order valence-corrected chi connectivity index (χ2v) is 7.11. The standard InChI is InChI=1S/C20H28N2O3/c23-19(13-12-18-7-4-14-25-18)21-17-10-8-15(9-11-17)20(24)22-16-5-2-1-3-6-16/h8-11,16,18H,1-7,12-14H2,(H,21,23)(H,22,24). The van der Waals surface area contributed by atoms with Crippen LogP contribution in [0.3, 0.4) is 0 Å². The molecule has 0 aromatic heterocycles. The van der Waals surface area contributed by atoms with Gasteiger partial charge in [-0.1, -0.05) is 19.3 Å². The van der Waals surface area contributed by atoms with E-state index in [-0.39, 0.29) is 17.9 Å². The molecule has 25 heavy (non-hydrogen) atoms. The molecule has 1 saturated heterocycles. The number of hydrogen-bond acceptors (Lipinski definition) is 3. The number of ether oxygens (including phenoxy) is 1. The van der Waals surface area contributed by atoms with E-state index in [1.54, 1.807) is 24.3 Å². The Balaban J connectivity index is 1.44. The Kier molecular flexibility index (Phi) is 6.45. The summed E-state index contributed by atoms with van der Waals surface area (Å²) < 4.78 is 5.53. The van der Waals surface area contributed by atoms with Gasteiger partial charge in [0.05, 0.1) is 6.10 Å². The van der Waals surface area contributed by atoms with E-state index in [0.717, 1.165) is 44.4 Å². The monoisotopic (exact) mass is 344 g/mol. The van der Waals surface area contributed by atoms with Gasteiger partial charge < -0.3 is 15.4 Å². The number of amides is 2. The van der Waals surface area contributed by atoms with Crippen molar-refractivity contribution in [2.24, 2.45) is 0 Å². The molecule has 0 radical (unpaired) electrons. The summed E-state index contributed by atoms with van der Waals surface area (Å²) >= 11 is 0. The van der Waals surface area contributed by atoms with Gasteiger partial charge in [-0.3, -0.25) is 9.59 Å². The molecule has 5 heteroatoms. The third-order valence-corrected chi connectivity index (χ3v) is 5.09. The van der Waals surface area contributed by atoms with Gasteiger partial charge in [-0.15, -0.1) is 0 Å². The second kappa shape index (κ2) is 8.99. The van der Waals surface area contributed by atoms with E-state index in [1.807, 2.05) is 0 Å². The molecular formula is C20H28N2O3. The number of rotatable bonds is 6. The van der Waals surface area contributed by atoms with Crippen LogP contribution in [-0.2, 0) is 9.53 Å². The molecule has 2 N–H and O–H groups in total. The maximum absolute atomic E-state index is 12.3. The first-order valence-electron chi connectivity index (χ1n) is 9.53. The van der Waals surface area contributed by atoms with Crippen molar-refractivity contribution in [1.29, 1.82) is 0 Å². The maximum Gasteiger partial charge on any atom is 0.251 e. The summed E-state index contributed by atoms with van der Waals surface area (Å²) in [5.74, 6) is -0.0296. The van der Waals surface area contributed by atoms with Gasteiger partial charge in [-0.05, 0) is 56.4 Å².